The molecule has 2 aliphatic heterocycles. The van der Waals surface area contributed by atoms with E-state index in [9.17, 15) is 0 Å². The monoisotopic (exact) mass is 713 g/mol. The van der Waals surface area contributed by atoms with Gasteiger partial charge >= 0.3 is 0 Å². The quantitative estimate of drug-likeness (QED) is 0.134. The van der Waals surface area contributed by atoms with E-state index in [2.05, 4.69) is 116 Å². The van der Waals surface area contributed by atoms with E-state index >= 15 is 0 Å². The van der Waals surface area contributed by atoms with Crippen LogP contribution in [0, 0.1) is 0 Å². The van der Waals surface area contributed by atoms with Crippen LogP contribution in [0.25, 0.3) is 28.0 Å². The first-order valence-corrected chi connectivity index (χ1v) is 20.8. The van der Waals surface area contributed by atoms with Gasteiger partial charge in [-0.2, -0.15) is 0 Å². The number of anilines is 1. The zero-order valence-corrected chi connectivity index (χ0v) is 32.0. The Kier molecular flexibility index (Phi) is 9.37. The number of hydrogen-bond donors (Lipinski definition) is 0. The minimum Gasteiger partial charge on any atom is -0.497 e. The van der Waals surface area contributed by atoms with Gasteiger partial charge in [0.05, 0.1) is 20.3 Å². The number of fused-ring (bicyclic) bond motifs is 8. The lowest BCUT2D eigenvalue weighted by Gasteiger charge is -2.40. The van der Waals surface area contributed by atoms with Crippen molar-refractivity contribution in [1.29, 1.82) is 0 Å². The van der Waals surface area contributed by atoms with Crippen molar-refractivity contribution in [2.75, 3.05) is 50.8 Å². The van der Waals surface area contributed by atoms with Gasteiger partial charge in [-0.3, -0.25) is 0 Å². The zero-order valence-electron chi connectivity index (χ0n) is 30.4. The maximum absolute atomic E-state index is 7.73. The fraction of sp³-hybridized carbons (Fsp3) is 0.333. The molecule has 0 amide bonds. The molecule has 0 aromatic heterocycles. The van der Waals surface area contributed by atoms with Gasteiger partial charge in [0, 0.05) is 56.1 Å². The van der Waals surface area contributed by atoms with E-state index in [0.717, 1.165) is 74.6 Å². The second kappa shape index (κ2) is 13.9. The van der Waals surface area contributed by atoms with Gasteiger partial charge < -0.3 is 19.1 Å². The van der Waals surface area contributed by atoms with Crippen LogP contribution in [-0.4, -0.2) is 45.9 Å². The highest BCUT2D eigenvalue weighted by Crippen LogP contribution is 2.61. The van der Waals surface area contributed by atoms with Gasteiger partial charge in [-0.15, -0.1) is 23.5 Å². The molecule has 2 heterocycles. The van der Waals surface area contributed by atoms with Gasteiger partial charge in [-0.1, -0.05) is 81.3 Å². The number of rotatable bonds is 10. The molecule has 4 nitrogen and oxygen atoms in total. The van der Waals surface area contributed by atoms with Crippen LogP contribution in [0.15, 0.2) is 101 Å². The van der Waals surface area contributed by atoms with Gasteiger partial charge in [-0.25, -0.2) is 0 Å². The van der Waals surface area contributed by atoms with E-state index in [1.165, 1.54) is 54.1 Å². The SMILES string of the molecule is CCCC1(CCC)c2ccccc2-c2c1c1c(c3cc(SC)c(SC)cc23)OC(c2ccc(OC)cc2)(c2ccc(N3CCOCC3)cc2)C=C1. The van der Waals surface area contributed by atoms with Crippen molar-refractivity contribution in [3.63, 3.8) is 0 Å². The lowest BCUT2D eigenvalue weighted by Crippen LogP contribution is -2.37. The summed E-state index contributed by atoms with van der Waals surface area (Å²) >= 11 is 3.64. The molecule has 1 fully saturated rings. The summed E-state index contributed by atoms with van der Waals surface area (Å²) in [6, 6.07) is 31.5. The first-order valence-electron chi connectivity index (χ1n) is 18.3. The van der Waals surface area contributed by atoms with Crippen molar-refractivity contribution >= 4 is 46.1 Å². The van der Waals surface area contributed by atoms with Crippen LogP contribution >= 0.6 is 23.5 Å². The summed E-state index contributed by atoms with van der Waals surface area (Å²) in [5.74, 6) is 1.81. The molecule has 3 aliphatic rings. The van der Waals surface area contributed by atoms with E-state index in [1.807, 2.05) is 35.7 Å². The Balaban J connectivity index is 1.42. The van der Waals surface area contributed by atoms with E-state index in [4.69, 9.17) is 14.2 Å². The summed E-state index contributed by atoms with van der Waals surface area (Å²) in [6.45, 7) is 8.00. The highest BCUT2D eigenvalue weighted by atomic mass is 32.2. The normalized spacial score (nSPS) is 18.6. The third-order valence-electron chi connectivity index (χ3n) is 11.3. The average molecular weight is 714 g/mol. The second-order valence-corrected chi connectivity index (χ2v) is 15.6. The van der Waals surface area contributed by atoms with Gasteiger partial charge in [0.15, 0.2) is 5.60 Å². The van der Waals surface area contributed by atoms with Crippen molar-refractivity contribution < 1.29 is 14.2 Å². The molecule has 5 aromatic rings. The van der Waals surface area contributed by atoms with E-state index in [-0.39, 0.29) is 5.41 Å². The molecule has 5 aromatic carbocycles. The van der Waals surface area contributed by atoms with Crippen LogP contribution in [-0.2, 0) is 15.8 Å². The number of morpholine rings is 1. The maximum Gasteiger partial charge on any atom is 0.178 e. The van der Waals surface area contributed by atoms with Gasteiger partial charge in [0.1, 0.15) is 11.5 Å². The van der Waals surface area contributed by atoms with Gasteiger partial charge in [-0.05, 0) is 95.5 Å². The molecule has 0 spiro atoms. The molecule has 1 saturated heterocycles. The van der Waals surface area contributed by atoms with Crippen molar-refractivity contribution in [1.82, 2.24) is 0 Å². The predicted molar refractivity (Wildman–Crippen MR) is 216 cm³/mol. The molecule has 1 atom stereocenters. The Labute approximate surface area is 311 Å². The van der Waals surface area contributed by atoms with Crippen molar-refractivity contribution in [2.24, 2.45) is 0 Å². The van der Waals surface area contributed by atoms with E-state index in [0.29, 0.717) is 0 Å². The Hall–Kier alpha value is -3.84. The summed E-state index contributed by atoms with van der Waals surface area (Å²) in [6.07, 6.45) is 13.5. The first kappa shape index (κ1) is 34.3. The van der Waals surface area contributed by atoms with Crippen LogP contribution in [0.2, 0.25) is 0 Å². The lowest BCUT2D eigenvalue weighted by atomic mass is 9.69. The minimum atomic E-state index is -0.842. The Morgan fingerprint density at radius 2 is 1.41 bits per heavy atom. The first-order chi connectivity index (χ1) is 25.0. The molecule has 0 radical (unpaired) electrons. The van der Waals surface area contributed by atoms with Crippen LogP contribution in [0.3, 0.4) is 0 Å². The smallest absolute Gasteiger partial charge is 0.178 e. The predicted octanol–water partition coefficient (Wildman–Crippen LogP) is 11.3. The number of hydrogen-bond acceptors (Lipinski definition) is 6. The molecule has 0 N–H and O–H groups in total. The lowest BCUT2D eigenvalue weighted by molar-refractivity contribution is 0.122. The standard InChI is InChI=1S/C45H47NO3S2/c1-6-21-44(22-7-2)38-11-9-8-10-34(38)41-36-28-39(50-4)40(51-5)29-37(36)43-35(42(41)44)20-23-45(49-43,31-14-18-33(47-3)19-15-31)30-12-16-32(17-13-30)46-24-26-48-27-25-46/h8-20,23,28-29H,6-7,21-22,24-27H2,1-5H3. The number of nitrogens with zero attached hydrogens (tertiary/aromatic N) is 1. The van der Waals surface area contributed by atoms with Crippen molar-refractivity contribution in [3.8, 4) is 22.6 Å². The fourth-order valence-corrected chi connectivity index (χ4v) is 10.5. The van der Waals surface area contributed by atoms with Crippen LogP contribution < -0.4 is 14.4 Å². The molecular weight excluding hydrogens is 667 g/mol. The molecule has 0 saturated carbocycles. The van der Waals surface area contributed by atoms with Gasteiger partial charge in [0.25, 0.3) is 0 Å². The Morgan fingerprint density at radius 3 is 2.04 bits per heavy atom. The van der Waals surface area contributed by atoms with E-state index < -0.39 is 5.60 Å². The highest BCUT2D eigenvalue weighted by molar-refractivity contribution is 8.01. The van der Waals surface area contributed by atoms with Crippen molar-refractivity contribution in [2.45, 2.75) is 60.3 Å². The van der Waals surface area contributed by atoms with Crippen LogP contribution in [0.5, 0.6) is 11.5 Å². The highest BCUT2D eigenvalue weighted by Gasteiger charge is 2.47. The van der Waals surface area contributed by atoms with Crippen LogP contribution in [0.1, 0.15) is 67.3 Å². The molecule has 1 aliphatic carbocycles. The Morgan fingerprint density at radius 1 is 0.784 bits per heavy atom. The number of ether oxygens (including phenoxy) is 3. The third-order valence-corrected chi connectivity index (χ3v) is 13.0. The van der Waals surface area contributed by atoms with Crippen LogP contribution in [0.4, 0.5) is 5.69 Å². The zero-order chi connectivity index (χ0) is 35.2. The second-order valence-electron chi connectivity index (χ2n) is 13.9. The average Bonchev–Trinajstić information content (AvgIpc) is 3.47. The summed E-state index contributed by atoms with van der Waals surface area (Å²) in [5.41, 5.74) is 9.38. The number of methoxy groups -OCH3 is 1. The molecule has 262 valence electrons. The van der Waals surface area contributed by atoms with E-state index in [1.54, 1.807) is 7.11 Å². The maximum atomic E-state index is 7.73. The largest absolute Gasteiger partial charge is 0.497 e. The molecule has 51 heavy (non-hydrogen) atoms. The molecule has 6 heteroatoms. The topological polar surface area (TPSA) is 30.9 Å². The molecule has 0 bridgehead atoms. The summed E-state index contributed by atoms with van der Waals surface area (Å²) in [4.78, 5) is 4.99. The van der Waals surface area contributed by atoms with Gasteiger partial charge in [0.2, 0.25) is 0 Å². The summed E-state index contributed by atoms with van der Waals surface area (Å²) in [5, 5.41) is 2.46. The Bertz CT molecular complexity index is 2090. The molecular formula is C45H47NO3S2. The third kappa shape index (κ3) is 5.48. The minimum absolute atomic E-state index is 0.0843. The van der Waals surface area contributed by atoms with Crippen molar-refractivity contribution in [3.05, 3.63) is 119 Å². The number of thioether (sulfide) groups is 2. The fourth-order valence-electron chi connectivity index (χ4n) is 9.05. The summed E-state index contributed by atoms with van der Waals surface area (Å²) < 4.78 is 19.0. The summed E-state index contributed by atoms with van der Waals surface area (Å²) in [7, 11) is 1.72. The molecule has 1 unspecified atom stereocenters. The number of benzene rings is 5. The molecule has 8 rings (SSSR count).